The predicted molar refractivity (Wildman–Crippen MR) is 78.1 cm³/mol. The van der Waals surface area contributed by atoms with Crippen LogP contribution in [0.5, 0.6) is 0 Å². The summed E-state index contributed by atoms with van der Waals surface area (Å²) in [6, 6.07) is 1.96. The van der Waals surface area contributed by atoms with Crippen LogP contribution < -0.4 is 0 Å². The molecule has 21 heavy (non-hydrogen) atoms. The Labute approximate surface area is 125 Å². The topological polar surface area (TPSA) is 53.4 Å². The zero-order valence-electron chi connectivity index (χ0n) is 13.2. The van der Waals surface area contributed by atoms with Crippen LogP contribution in [0, 0.1) is 11.3 Å². The van der Waals surface area contributed by atoms with Crippen molar-refractivity contribution in [1.82, 2.24) is 9.78 Å². The van der Waals surface area contributed by atoms with E-state index in [0.717, 1.165) is 19.4 Å². The van der Waals surface area contributed by atoms with Crippen molar-refractivity contribution in [3.63, 3.8) is 0 Å². The average Bonchev–Trinajstić information content (AvgIpc) is 2.94. The second-order valence-corrected chi connectivity index (χ2v) is 7.02. The van der Waals surface area contributed by atoms with E-state index in [1.807, 2.05) is 20.0 Å². The summed E-state index contributed by atoms with van der Waals surface area (Å²) in [6.07, 6.45) is 4.09. The molecular formula is C16H24N2O3. The van der Waals surface area contributed by atoms with Gasteiger partial charge in [-0.15, -0.1) is 0 Å². The van der Waals surface area contributed by atoms with Gasteiger partial charge < -0.3 is 9.47 Å². The molecule has 3 unspecified atom stereocenters. The molecule has 5 nitrogen and oxygen atoms in total. The molecule has 0 spiro atoms. The van der Waals surface area contributed by atoms with Crippen LogP contribution in [0.2, 0.25) is 0 Å². The van der Waals surface area contributed by atoms with Gasteiger partial charge in [-0.1, -0.05) is 13.8 Å². The normalized spacial score (nSPS) is 30.6. The Balaban J connectivity index is 1.69. The van der Waals surface area contributed by atoms with Crippen molar-refractivity contribution in [3.8, 4) is 0 Å². The largest absolute Gasteiger partial charge is 0.457 e. The first-order chi connectivity index (χ1) is 9.91. The van der Waals surface area contributed by atoms with E-state index in [2.05, 4.69) is 18.9 Å². The maximum Gasteiger partial charge on any atom is 0.359 e. The fraction of sp³-hybridized carbons (Fsp3) is 0.750. The van der Waals surface area contributed by atoms with Crippen LogP contribution in [-0.2, 0) is 9.47 Å². The molecule has 0 N–H and O–H groups in total. The highest BCUT2D eigenvalue weighted by atomic mass is 16.6. The molecule has 2 heterocycles. The van der Waals surface area contributed by atoms with Gasteiger partial charge in [-0.3, -0.25) is 4.68 Å². The molecule has 3 rings (SSSR count). The molecule has 116 valence electrons. The maximum atomic E-state index is 12.3. The molecule has 0 bridgehead atoms. The van der Waals surface area contributed by atoms with Crippen molar-refractivity contribution in [2.45, 2.75) is 58.8 Å². The first-order valence-electron chi connectivity index (χ1n) is 7.79. The lowest BCUT2D eigenvalue weighted by molar-refractivity contribution is -0.243. The third kappa shape index (κ3) is 2.37. The standard InChI is InChI=1S/C16H24N2O3/c1-10(2)18-8-7-12(17-18)15(19)21-14-11-6-5-9-20-13(11)16(14,3)4/h7-8,10-11,13-14H,5-6,9H2,1-4H3. The molecule has 0 amide bonds. The first kappa shape index (κ1) is 14.6. The molecule has 2 fully saturated rings. The van der Waals surface area contributed by atoms with E-state index in [0.29, 0.717) is 11.6 Å². The van der Waals surface area contributed by atoms with Gasteiger partial charge in [0, 0.05) is 30.2 Å². The van der Waals surface area contributed by atoms with E-state index >= 15 is 0 Å². The van der Waals surface area contributed by atoms with Gasteiger partial charge in [0.05, 0.1) is 6.10 Å². The fourth-order valence-corrected chi connectivity index (χ4v) is 3.63. The molecule has 5 heteroatoms. The smallest absolute Gasteiger partial charge is 0.359 e. The second kappa shape index (κ2) is 5.13. The quantitative estimate of drug-likeness (QED) is 0.804. The van der Waals surface area contributed by atoms with Gasteiger partial charge in [-0.05, 0) is 32.8 Å². The highest BCUT2D eigenvalue weighted by Crippen LogP contribution is 2.53. The molecule has 3 atom stereocenters. The number of fused-ring (bicyclic) bond motifs is 1. The van der Waals surface area contributed by atoms with E-state index in [-0.39, 0.29) is 29.6 Å². The summed E-state index contributed by atoms with van der Waals surface area (Å²) >= 11 is 0. The summed E-state index contributed by atoms with van der Waals surface area (Å²) < 4.78 is 13.4. The third-order valence-electron chi connectivity index (χ3n) is 4.80. The number of carbonyl (C=O) groups is 1. The fourth-order valence-electron chi connectivity index (χ4n) is 3.63. The monoisotopic (exact) mass is 292 g/mol. The molecule has 1 aromatic heterocycles. The highest BCUT2D eigenvalue weighted by Gasteiger charge is 2.60. The van der Waals surface area contributed by atoms with Crippen LogP contribution in [0.4, 0.5) is 0 Å². The number of esters is 1. The van der Waals surface area contributed by atoms with E-state index in [4.69, 9.17) is 9.47 Å². The zero-order valence-corrected chi connectivity index (χ0v) is 13.2. The Morgan fingerprint density at radius 2 is 2.29 bits per heavy atom. The van der Waals surface area contributed by atoms with Crippen LogP contribution in [0.1, 0.15) is 57.1 Å². The predicted octanol–water partition coefficient (Wildman–Crippen LogP) is 2.82. The Kier molecular flexibility index (Phi) is 3.56. The Hall–Kier alpha value is -1.36. The third-order valence-corrected chi connectivity index (χ3v) is 4.80. The summed E-state index contributed by atoms with van der Waals surface area (Å²) in [7, 11) is 0. The second-order valence-electron chi connectivity index (χ2n) is 7.02. The summed E-state index contributed by atoms with van der Waals surface area (Å²) in [5.41, 5.74) is 0.279. The highest BCUT2D eigenvalue weighted by molar-refractivity contribution is 5.87. The maximum absolute atomic E-state index is 12.3. The Morgan fingerprint density at radius 1 is 1.52 bits per heavy atom. The molecule has 0 aromatic carbocycles. The van der Waals surface area contributed by atoms with Crippen LogP contribution in [0.15, 0.2) is 12.3 Å². The molecule has 1 aromatic rings. The van der Waals surface area contributed by atoms with E-state index < -0.39 is 0 Å². The summed E-state index contributed by atoms with van der Waals surface area (Å²) in [5.74, 6) is 0.0152. The van der Waals surface area contributed by atoms with E-state index in [9.17, 15) is 4.79 Å². The minimum atomic E-state index is -0.323. The number of rotatable bonds is 3. The SMILES string of the molecule is CC(C)n1ccc(C(=O)OC2C3CCCOC3C2(C)C)n1. The van der Waals surface area contributed by atoms with Crippen molar-refractivity contribution in [3.05, 3.63) is 18.0 Å². The lowest BCUT2D eigenvalue weighted by Gasteiger charge is -2.58. The molecule has 1 saturated carbocycles. The van der Waals surface area contributed by atoms with Crippen molar-refractivity contribution in [1.29, 1.82) is 0 Å². The van der Waals surface area contributed by atoms with Crippen LogP contribution >= 0.6 is 0 Å². The number of nitrogens with zero attached hydrogens (tertiary/aromatic N) is 2. The van der Waals surface area contributed by atoms with Crippen molar-refractivity contribution in [2.75, 3.05) is 6.61 Å². The van der Waals surface area contributed by atoms with Gasteiger partial charge in [-0.25, -0.2) is 4.79 Å². The lowest BCUT2D eigenvalue weighted by atomic mass is 9.57. The number of aromatic nitrogens is 2. The molecule has 1 aliphatic heterocycles. The number of ether oxygens (including phenoxy) is 2. The van der Waals surface area contributed by atoms with Gasteiger partial charge in [0.2, 0.25) is 0 Å². The first-order valence-corrected chi connectivity index (χ1v) is 7.79. The molecule has 0 radical (unpaired) electrons. The summed E-state index contributed by atoms with van der Waals surface area (Å²) in [6.45, 7) is 9.11. The van der Waals surface area contributed by atoms with Gasteiger partial charge in [-0.2, -0.15) is 5.10 Å². The zero-order chi connectivity index (χ0) is 15.2. The summed E-state index contributed by atoms with van der Waals surface area (Å²) in [4.78, 5) is 12.3. The van der Waals surface area contributed by atoms with Crippen LogP contribution in [0.25, 0.3) is 0 Å². The molecule has 2 aliphatic rings. The molecule has 1 saturated heterocycles. The van der Waals surface area contributed by atoms with Crippen molar-refractivity contribution < 1.29 is 14.3 Å². The van der Waals surface area contributed by atoms with Crippen molar-refractivity contribution in [2.24, 2.45) is 11.3 Å². The minimum absolute atomic E-state index is 0.0699. The molecule has 1 aliphatic carbocycles. The minimum Gasteiger partial charge on any atom is -0.457 e. The van der Waals surface area contributed by atoms with Crippen LogP contribution in [-0.4, -0.2) is 34.6 Å². The van der Waals surface area contributed by atoms with E-state index in [1.165, 1.54) is 0 Å². The Morgan fingerprint density at radius 3 is 2.95 bits per heavy atom. The lowest BCUT2D eigenvalue weighted by Crippen LogP contribution is -2.65. The van der Waals surface area contributed by atoms with Gasteiger partial charge in [0.1, 0.15) is 6.10 Å². The van der Waals surface area contributed by atoms with Crippen molar-refractivity contribution >= 4 is 5.97 Å². The number of hydrogen-bond donors (Lipinski definition) is 0. The average molecular weight is 292 g/mol. The number of carbonyl (C=O) groups excluding carboxylic acids is 1. The summed E-state index contributed by atoms with van der Waals surface area (Å²) in [5, 5.41) is 4.28. The van der Waals surface area contributed by atoms with Crippen LogP contribution in [0.3, 0.4) is 0 Å². The van der Waals surface area contributed by atoms with Gasteiger partial charge in [0.15, 0.2) is 5.69 Å². The number of hydrogen-bond acceptors (Lipinski definition) is 4. The molecular weight excluding hydrogens is 268 g/mol. The van der Waals surface area contributed by atoms with Gasteiger partial charge >= 0.3 is 5.97 Å². The van der Waals surface area contributed by atoms with Gasteiger partial charge in [0.25, 0.3) is 0 Å². The van der Waals surface area contributed by atoms with E-state index in [1.54, 1.807) is 10.7 Å². The Bertz CT molecular complexity index is 535.